The van der Waals surface area contributed by atoms with Gasteiger partial charge in [-0.1, -0.05) is 20.8 Å². The second kappa shape index (κ2) is 9.02. The molecule has 2 aromatic rings. The molecule has 0 aliphatic rings. The Morgan fingerprint density at radius 3 is 2.43 bits per heavy atom. The first-order valence-electron chi connectivity index (χ1n) is 8.90. The molecule has 0 fully saturated rings. The van der Waals surface area contributed by atoms with Crippen LogP contribution in [0.1, 0.15) is 39.3 Å². The number of carbonyl (C=O) groups excluding carboxylic acids is 1. The minimum atomic E-state index is -3.60. The number of ether oxygens (including phenoxy) is 1. The highest BCUT2D eigenvalue weighted by Crippen LogP contribution is 2.26. The zero-order valence-corrected chi connectivity index (χ0v) is 18.5. The zero-order valence-electron chi connectivity index (χ0n) is 16.9. The molecule has 0 atom stereocenters. The molecular formula is C19H27N3O4S2. The Hall–Kier alpha value is -1.97. The number of carbonyl (C=O) groups is 1. The van der Waals surface area contributed by atoms with E-state index in [0.29, 0.717) is 17.3 Å². The van der Waals surface area contributed by atoms with Crippen LogP contribution >= 0.6 is 11.3 Å². The van der Waals surface area contributed by atoms with E-state index in [1.165, 1.54) is 41.9 Å². The van der Waals surface area contributed by atoms with Crippen molar-refractivity contribution in [3.8, 4) is 5.75 Å². The van der Waals surface area contributed by atoms with E-state index in [1.807, 2.05) is 5.38 Å². The van der Waals surface area contributed by atoms with Crippen LogP contribution in [0, 0.1) is 0 Å². The van der Waals surface area contributed by atoms with Crippen molar-refractivity contribution in [2.24, 2.45) is 0 Å². The maximum Gasteiger partial charge on any atom is 0.242 e. The van der Waals surface area contributed by atoms with Gasteiger partial charge >= 0.3 is 0 Å². The maximum absolute atomic E-state index is 12.6. The Morgan fingerprint density at radius 2 is 1.89 bits per heavy atom. The molecule has 1 N–H and O–H groups in total. The number of sulfonamides is 1. The topological polar surface area (TPSA) is 88.6 Å². The zero-order chi connectivity index (χ0) is 20.9. The fourth-order valence-electron chi connectivity index (χ4n) is 2.37. The van der Waals surface area contributed by atoms with Gasteiger partial charge in [-0.3, -0.25) is 4.79 Å². The van der Waals surface area contributed by atoms with Crippen molar-refractivity contribution < 1.29 is 17.9 Å². The van der Waals surface area contributed by atoms with Crippen LogP contribution in [0.3, 0.4) is 0 Å². The Labute approximate surface area is 170 Å². The number of nitrogens with one attached hydrogen (secondary N) is 1. The van der Waals surface area contributed by atoms with Crippen molar-refractivity contribution in [1.82, 2.24) is 9.29 Å². The first kappa shape index (κ1) is 22.3. The Balaban J connectivity index is 1.85. The maximum atomic E-state index is 12.6. The van der Waals surface area contributed by atoms with E-state index in [2.05, 4.69) is 31.1 Å². The third-order valence-electron chi connectivity index (χ3n) is 4.16. The van der Waals surface area contributed by atoms with Crippen LogP contribution < -0.4 is 10.1 Å². The summed E-state index contributed by atoms with van der Waals surface area (Å²) in [6.45, 7) is 6.43. The molecule has 1 amide bonds. The van der Waals surface area contributed by atoms with Crippen molar-refractivity contribution >= 4 is 32.4 Å². The summed E-state index contributed by atoms with van der Waals surface area (Å²) in [6.07, 6.45) is 0.627. The number of benzene rings is 1. The fraction of sp³-hybridized carbons (Fsp3) is 0.474. The highest BCUT2D eigenvalue weighted by Gasteiger charge is 2.21. The fourth-order valence-corrected chi connectivity index (χ4v) is 4.53. The molecule has 0 bridgehead atoms. The predicted molar refractivity (Wildman–Crippen MR) is 111 cm³/mol. The largest absolute Gasteiger partial charge is 0.497 e. The van der Waals surface area contributed by atoms with Crippen LogP contribution in [0.5, 0.6) is 5.75 Å². The van der Waals surface area contributed by atoms with Crippen LogP contribution in [0.15, 0.2) is 34.5 Å². The second-order valence-electron chi connectivity index (χ2n) is 7.44. The molecule has 0 spiro atoms. The molecule has 9 heteroatoms. The highest BCUT2D eigenvalue weighted by molar-refractivity contribution is 7.89. The summed E-state index contributed by atoms with van der Waals surface area (Å²) in [5.41, 5.74) is 0.857. The molecule has 0 aliphatic heterocycles. The number of nitrogens with zero attached hydrogens (tertiary/aromatic N) is 2. The number of methoxy groups -OCH3 is 1. The number of amides is 1. The van der Waals surface area contributed by atoms with E-state index in [0.717, 1.165) is 5.69 Å². The molecule has 154 valence electrons. The number of hydrogen-bond acceptors (Lipinski definition) is 6. The lowest BCUT2D eigenvalue weighted by atomic mass is 9.93. The summed E-state index contributed by atoms with van der Waals surface area (Å²) in [7, 11) is -0.566. The van der Waals surface area contributed by atoms with Gasteiger partial charge in [0.15, 0.2) is 5.13 Å². The molecule has 1 aromatic heterocycles. The van der Waals surface area contributed by atoms with Gasteiger partial charge in [-0.15, -0.1) is 11.3 Å². The minimum Gasteiger partial charge on any atom is -0.497 e. The van der Waals surface area contributed by atoms with Crippen molar-refractivity contribution in [3.05, 3.63) is 35.3 Å². The third-order valence-corrected chi connectivity index (χ3v) is 6.79. The third kappa shape index (κ3) is 5.76. The van der Waals surface area contributed by atoms with E-state index >= 15 is 0 Å². The number of hydrogen-bond donors (Lipinski definition) is 1. The van der Waals surface area contributed by atoms with Crippen molar-refractivity contribution in [3.63, 3.8) is 0 Å². The summed E-state index contributed by atoms with van der Waals surface area (Å²) in [5.74, 6) is 0.417. The van der Waals surface area contributed by atoms with Crippen LogP contribution in [-0.2, 0) is 20.2 Å². The summed E-state index contributed by atoms with van der Waals surface area (Å²) in [6, 6.07) is 6.22. The number of aromatic nitrogens is 1. The van der Waals surface area contributed by atoms with Gasteiger partial charge in [0.25, 0.3) is 0 Å². The SMILES string of the molecule is COc1ccc(S(=O)(=O)N(C)CCCC(=O)Nc2nc(C(C)(C)C)cs2)cc1. The van der Waals surface area contributed by atoms with Gasteiger partial charge in [0.2, 0.25) is 15.9 Å². The molecule has 0 saturated heterocycles. The number of rotatable bonds is 8. The van der Waals surface area contributed by atoms with Gasteiger partial charge in [-0.2, -0.15) is 0 Å². The van der Waals surface area contributed by atoms with Gasteiger partial charge in [0, 0.05) is 30.8 Å². The average molecular weight is 426 g/mol. The van der Waals surface area contributed by atoms with E-state index < -0.39 is 10.0 Å². The quantitative estimate of drug-likeness (QED) is 0.699. The van der Waals surface area contributed by atoms with Crippen LogP contribution in [0.4, 0.5) is 5.13 Å². The van der Waals surface area contributed by atoms with Gasteiger partial charge < -0.3 is 10.1 Å². The number of anilines is 1. The first-order valence-corrected chi connectivity index (χ1v) is 11.2. The minimum absolute atomic E-state index is 0.0714. The van der Waals surface area contributed by atoms with Crippen molar-refractivity contribution in [1.29, 1.82) is 0 Å². The molecule has 0 saturated carbocycles. The first-order chi connectivity index (χ1) is 13.0. The van der Waals surface area contributed by atoms with E-state index in [4.69, 9.17) is 4.74 Å². The predicted octanol–water partition coefficient (Wildman–Crippen LogP) is 3.49. The van der Waals surface area contributed by atoms with Crippen LogP contribution in [-0.4, -0.2) is 44.3 Å². The molecule has 0 unspecified atom stereocenters. The molecule has 0 radical (unpaired) electrons. The highest BCUT2D eigenvalue weighted by atomic mass is 32.2. The summed E-state index contributed by atoms with van der Waals surface area (Å²) >= 11 is 1.39. The van der Waals surface area contributed by atoms with Crippen LogP contribution in [0.2, 0.25) is 0 Å². The Bertz CT molecular complexity index is 900. The normalized spacial score (nSPS) is 12.2. The Kier molecular flexibility index (Phi) is 7.19. The molecule has 1 heterocycles. The van der Waals surface area contributed by atoms with Gasteiger partial charge in [0.1, 0.15) is 5.75 Å². The van der Waals surface area contributed by atoms with Crippen molar-refractivity contribution in [2.75, 3.05) is 26.0 Å². The lowest BCUT2D eigenvalue weighted by Crippen LogP contribution is -2.28. The molecule has 1 aromatic carbocycles. The average Bonchev–Trinajstić information content (AvgIpc) is 3.10. The Morgan fingerprint density at radius 1 is 1.25 bits per heavy atom. The summed E-state index contributed by atoms with van der Waals surface area (Å²) < 4.78 is 31.4. The lowest BCUT2D eigenvalue weighted by molar-refractivity contribution is -0.116. The van der Waals surface area contributed by atoms with Crippen LogP contribution in [0.25, 0.3) is 0 Å². The van der Waals surface area contributed by atoms with Gasteiger partial charge in [0.05, 0.1) is 17.7 Å². The van der Waals surface area contributed by atoms with Crippen molar-refractivity contribution in [2.45, 2.75) is 43.9 Å². The van der Waals surface area contributed by atoms with Gasteiger partial charge in [-0.05, 0) is 30.7 Å². The molecule has 2 rings (SSSR count). The molecular weight excluding hydrogens is 398 g/mol. The number of thiazole rings is 1. The lowest BCUT2D eigenvalue weighted by Gasteiger charge is -2.17. The monoisotopic (exact) mass is 425 g/mol. The summed E-state index contributed by atoms with van der Waals surface area (Å²) in [4.78, 5) is 16.7. The smallest absolute Gasteiger partial charge is 0.242 e. The van der Waals surface area contributed by atoms with E-state index in [-0.39, 0.29) is 29.2 Å². The molecule has 0 aliphatic carbocycles. The molecule has 28 heavy (non-hydrogen) atoms. The van der Waals surface area contributed by atoms with Gasteiger partial charge in [-0.25, -0.2) is 17.7 Å². The summed E-state index contributed by atoms with van der Waals surface area (Å²) in [5, 5.41) is 5.28. The van der Waals surface area contributed by atoms with E-state index in [9.17, 15) is 13.2 Å². The molecule has 7 nitrogen and oxygen atoms in total. The van der Waals surface area contributed by atoms with E-state index in [1.54, 1.807) is 12.1 Å². The second-order valence-corrected chi connectivity index (χ2v) is 10.3. The standard InChI is InChI=1S/C19H27N3O4S2/c1-19(2,3)16-13-27-18(20-16)21-17(23)7-6-12-22(4)28(24,25)15-10-8-14(26-5)9-11-15/h8-11,13H,6-7,12H2,1-5H3,(H,20,21,23).